The molecule has 0 radical (unpaired) electrons. The first-order valence-corrected chi connectivity index (χ1v) is 6.65. The largest absolute Gasteiger partial charge is 0.573 e. The molecule has 6 heteroatoms. The van der Waals surface area contributed by atoms with Crippen molar-refractivity contribution in [3.05, 3.63) is 29.8 Å². The molecule has 0 spiro atoms. The summed E-state index contributed by atoms with van der Waals surface area (Å²) in [5.41, 5.74) is 0.987. The number of hydrogen-bond acceptors (Lipinski definition) is 3. The lowest BCUT2D eigenvalue weighted by Crippen LogP contribution is -2.53. The van der Waals surface area contributed by atoms with Crippen LogP contribution in [0.5, 0.6) is 5.75 Å². The normalized spacial score (nSPS) is 24.6. The summed E-state index contributed by atoms with van der Waals surface area (Å²) in [7, 11) is 0. The number of rotatable bonds is 3. The van der Waals surface area contributed by atoms with Crippen molar-refractivity contribution in [3.8, 4) is 5.75 Å². The highest BCUT2D eigenvalue weighted by Crippen LogP contribution is 2.23. The molecule has 1 heterocycles. The Morgan fingerprint density at radius 1 is 1.25 bits per heavy atom. The van der Waals surface area contributed by atoms with Gasteiger partial charge in [-0.3, -0.25) is 4.90 Å². The average molecular weight is 288 g/mol. The summed E-state index contributed by atoms with van der Waals surface area (Å²) in [6.07, 6.45) is -4.63. The summed E-state index contributed by atoms with van der Waals surface area (Å²) in [4.78, 5) is 2.32. The maximum absolute atomic E-state index is 12.1. The second-order valence-corrected chi connectivity index (χ2v) is 5.28. The van der Waals surface area contributed by atoms with E-state index in [1.807, 2.05) is 0 Å². The summed E-state index contributed by atoms with van der Waals surface area (Å²) in [6.45, 7) is 6.86. The van der Waals surface area contributed by atoms with Gasteiger partial charge in [-0.15, -0.1) is 13.2 Å². The molecule has 1 aliphatic heterocycles. The maximum atomic E-state index is 12.1. The number of hydrogen-bond donors (Lipinski definition) is 1. The van der Waals surface area contributed by atoms with E-state index < -0.39 is 6.36 Å². The van der Waals surface area contributed by atoms with Gasteiger partial charge in [0.25, 0.3) is 0 Å². The van der Waals surface area contributed by atoms with Gasteiger partial charge in [-0.25, -0.2) is 0 Å². The van der Waals surface area contributed by atoms with E-state index in [2.05, 4.69) is 28.8 Å². The Morgan fingerprint density at radius 2 is 1.90 bits per heavy atom. The number of ether oxygens (including phenoxy) is 1. The van der Waals surface area contributed by atoms with E-state index in [4.69, 9.17) is 0 Å². The number of alkyl halides is 3. The SMILES string of the molecule is CC1CN(Cc2ccc(OC(F)(F)F)cc2)C(C)CN1. The van der Waals surface area contributed by atoms with Crippen molar-refractivity contribution in [1.82, 2.24) is 10.2 Å². The molecule has 0 aliphatic carbocycles. The quantitative estimate of drug-likeness (QED) is 0.925. The van der Waals surface area contributed by atoms with E-state index >= 15 is 0 Å². The van der Waals surface area contributed by atoms with Gasteiger partial charge in [0.05, 0.1) is 0 Å². The third kappa shape index (κ3) is 4.38. The first kappa shape index (κ1) is 15.1. The smallest absolute Gasteiger partial charge is 0.406 e. The predicted molar refractivity (Wildman–Crippen MR) is 70.5 cm³/mol. The zero-order chi connectivity index (χ0) is 14.8. The molecule has 1 saturated heterocycles. The Balaban J connectivity index is 1.96. The predicted octanol–water partition coefficient (Wildman–Crippen LogP) is 2.77. The first-order chi connectivity index (χ1) is 9.33. The van der Waals surface area contributed by atoms with Gasteiger partial charge in [0.1, 0.15) is 5.75 Å². The first-order valence-electron chi connectivity index (χ1n) is 6.65. The summed E-state index contributed by atoms with van der Waals surface area (Å²) in [5.74, 6) is -0.178. The van der Waals surface area contributed by atoms with Crippen LogP contribution >= 0.6 is 0 Å². The van der Waals surface area contributed by atoms with Gasteiger partial charge in [-0.05, 0) is 31.5 Å². The number of piperazine rings is 1. The van der Waals surface area contributed by atoms with E-state index in [9.17, 15) is 13.2 Å². The molecule has 0 amide bonds. The van der Waals surface area contributed by atoms with Crippen LogP contribution in [0.15, 0.2) is 24.3 Å². The van der Waals surface area contributed by atoms with E-state index in [1.54, 1.807) is 12.1 Å². The van der Waals surface area contributed by atoms with Crippen LogP contribution in [0.2, 0.25) is 0 Å². The Kier molecular flexibility index (Phi) is 4.55. The highest BCUT2D eigenvalue weighted by atomic mass is 19.4. The van der Waals surface area contributed by atoms with Crippen LogP contribution in [0.1, 0.15) is 19.4 Å². The zero-order valence-electron chi connectivity index (χ0n) is 11.6. The molecule has 1 aromatic rings. The van der Waals surface area contributed by atoms with Gasteiger partial charge in [-0.2, -0.15) is 0 Å². The number of nitrogens with zero attached hydrogens (tertiary/aromatic N) is 1. The second-order valence-electron chi connectivity index (χ2n) is 5.28. The highest BCUT2D eigenvalue weighted by molar-refractivity contribution is 5.27. The molecule has 2 unspecified atom stereocenters. The molecular weight excluding hydrogens is 269 g/mol. The molecule has 1 aliphatic rings. The summed E-state index contributed by atoms with van der Waals surface area (Å²) >= 11 is 0. The fourth-order valence-electron chi connectivity index (χ4n) is 2.35. The molecule has 1 aromatic carbocycles. The van der Waals surface area contributed by atoms with Crippen LogP contribution in [0.3, 0.4) is 0 Å². The van der Waals surface area contributed by atoms with Gasteiger partial charge >= 0.3 is 6.36 Å². The van der Waals surface area contributed by atoms with Crippen molar-refractivity contribution < 1.29 is 17.9 Å². The van der Waals surface area contributed by atoms with E-state index in [-0.39, 0.29) is 5.75 Å². The summed E-state index contributed by atoms with van der Waals surface area (Å²) in [5, 5.41) is 3.40. The standard InChI is InChI=1S/C14H19F3N2O/c1-10-8-19(11(2)7-18-10)9-12-3-5-13(6-4-12)20-14(15,16)17/h3-6,10-11,18H,7-9H2,1-2H3. The van der Waals surface area contributed by atoms with Crippen molar-refractivity contribution in [2.24, 2.45) is 0 Å². The zero-order valence-corrected chi connectivity index (χ0v) is 11.6. The van der Waals surface area contributed by atoms with E-state index in [0.29, 0.717) is 12.1 Å². The van der Waals surface area contributed by atoms with Crippen LogP contribution in [0.25, 0.3) is 0 Å². The highest BCUT2D eigenvalue weighted by Gasteiger charge is 2.31. The molecule has 20 heavy (non-hydrogen) atoms. The van der Waals surface area contributed by atoms with Gasteiger partial charge < -0.3 is 10.1 Å². The minimum Gasteiger partial charge on any atom is -0.406 e. The van der Waals surface area contributed by atoms with Gasteiger partial charge in [-0.1, -0.05) is 12.1 Å². The Labute approximate surface area is 116 Å². The molecule has 1 N–H and O–H groups in total. The Morgan fingerprint density at radius 3 is 2.50 bits per heavy atom. The minimum absolute atomic E-state index is 0.178. The number of nitrogens with one attached hydrogen (secondary N) is 1. The van der Waals surface area contributed by atoms with Crippen molar-refractivity contribution >= 4 is 0 Å². The number of halogens is 3. The van der Waals surface area contributed by atoms with Gasteiger partial charge in [0.15, 0.2) is 0 Å². The average Bonchev–Trinajstić information content (AvgIpc) is 2.34. The fourth-order valence-corrected chi connectivity index (χ4v) is 2.35. The van der Waals surface area contributed by atoms with Crippen LogP contribution in [0, 0.1) is 0 Å². The van der Waals surface area contributed by atoms with Crippen molar-refractivity contribution in [2.75, 3.05) is 13.1 Å². The molecule has 2 atom stereocenters. The van der Waals surface area contributed by atoms with Crippen LogP contribution < -0.4 is 10.1 Å². The summed E-state index contributed by atoms with van der Waals surface area (Å²) < 4.78 is 40.1. The van der Waals surface area contributed by atoms with Gasteiger partial charge in [0, 0.05) is 31.7 Å². The molecule has 2 rings (SSSR count). The topological polar surface area (TPSA) is 24.5 Å². The second kappa shape index (κ2) is 6.01. The molecule has 112 valence electrons. The fraction of sp³-hybridized carbons (Fsp3) is 0.571. The van der Waals surface area contributed by atoms with Crippen molar-refractivity contribution in [3.63, 3.8) is 0 Å². The van der Waals surface area contributed by atoms with E-state index in [1.165, 1.54) is 12.1 Å². The monoisotopic (exact) mass is 288 g/mol. The lowest BCUT2D eigenvalue weighted by Gasteiger charge is -2.37. The summed E-state index contributed by atoms with van der Waals surface area (Å²) in [6, 6.07) is 6.93. The lowest BCUT2D eigenvalue weighted by atomic mass is 10.1. The van der Waals surface area contributed by atoms with Crippen LogP contribution in [-0.4, -0.2) is 36.4 Å². The third-order valence-electron chi connectivity index (χ3n) is 3.44. The van der Waals surface area contributed by atoms with Crippen LogP contribution in [-0.2, 0) is 6.54 Å². The van der Waals surface area contributed by atoms with Crippen molar-refractivity contribution in [1.29, 1.82) is 0 Å². The minimum atomic E-state index is -4.63. The lowest BCUT2D eigenvalue weighted by molar-refractivity contribution is -0.274. The van der Waals surface area contributed by atoms with Crippen molar-refractivity contribution in [2.45, 2.75) is 38.8 Å². The maximum Gasteiger partial charge on any atom is 0.573 e. The Bertz CT molecular complexity index is 433. The molecule has 0 saturated carbocycles. The molecule has 1 fully saturated rings. The molecule has 0 bridgehead atoms. The molecular formula is C14H19F3N2O. The Hall–Kier alpha value is -1.27. The third-order valence-corrected chi connectivity index (χ3v) is 3.44. The van der Waals surface area contributed by atoms with Crippen LogP contribution in [0.4, 0.5) is 13.2 Å². The van der Waals surface area contributed by atoms with E-state index in [0.717, 1.165) is 25.2 Å². The molecule has 3 nitrogen and oxygen atoms in total. The van der Waals surface area contributed by atoms with Gasteiger partial charge in [0.2, 0.25) is 0 Å². The number of benzene rings is 1. The molecule has 0 aromatic heterocycles.